The van der Waals surface area contributed by atoms with Gasteiger partial charge in [0, 0.05) is 18.2 Å². The van der Waals surface area contributed by atoms with E-state index in [2.05, 4.69) is 5.32 Å². The van der Waals surface area contributed by atoms with Gasteiger partial charge in [-0.2, -0.15) is 0 Å². The second kappa shape index (κ2) is 5.05. The molecule has 1 atom stereocenters. The molecule has 0 fully saturated rings. The number of hydrogen-bond donors (Lipinski definition) is 2. The van der Waals surface area contributed by atoms with Gasteiger partial charge in [0.05, 0.1) is 0 Å². The maximum atomic E-state index is 11.8. The average Bonchev–Trinajstić information content (AvgIpc) is 2.75. The monoisotopic (exact) mass is 236 g/mol. The predicted molar refractivity (Wildman–Crippen MR) is 63.2 cm³/mol. The van der Waals surface area contributed by atoms with E-state index in [1.165, 1.54) is 0 Å². The van der Waals surface area contributed by atoms with Crippen LogP contribution in [-0.4, -0.2) is 25.3 Å². The molecule has 1 unspecified atom stereocenters. The Hall–Kier alpha value is -1.75. The first-order valence-corrected chi connectivity index (χ1v) is 5.60. The van der Waals surface area contributed by atoms with Gasteiger partial charge in [0.2, 0.25) is 6.79 Å². The van der Waals surface area contributed by atoms with Crippen LogP contribution >= 0.6 is 0 Å². The minimum atomic E-state index is -0.121. The van der Waals surface area contributed by atoms with Crippen LogP contribution < -0.4 is 20.5 Å². The third kappa shape index (κ3) is 2.88. The molecule has 0 radical (unpaired) electrons. The summed E-state index contributed by atoms with van der Waals surface area (Å²) in [6.45, 7) is 2.70. The molecule has 1 aromatic carbocycles. The molecule has 0 saturated carbocycles. The summed E-state index contributed by atoms with van der Waals surface area (Å²) < 4.78 is 10.4. The lowest BCUT2D eigenvalue weighted by Crippen LogP contribution is -2.28. The Kier molecular flexibility index (Phi) is 3.49. The summed E-state index contributed by atoms with van der Waals surface area (Å²) in [6.07, 6.45) is 0.760. The molecule has 92 valence electrons. The van der Waals surface area contributed by atoms with Crippen LogP contribution in [0.2, 0.25) is 0 Å². The van der Waals surface area contributed by atoms with Crippen LogP contribution in [0.1, 0.15) is 23.7 Å². The summed E-state index contributed by atoms with van der Waals surface area (Å²) >= 11 is 0. The number of ether oxygens (including phenoxy) is 2. The quantitative estimate of drug-likeness (QED) is 0.814. The van der Waals surface area contributed by atoms with E-state index in [1.807, 2.05) is 6.92 Å². The minimum Gasteiger partial charge on any atom is -0.454 e. The van der Waals surface area contributed by atoms with Gasteiger partial charge >= 0.3 is 0 Å². The first kappa shape index (κ1) is 11.7. The van der Waals surface area contributed by atoms with Crippen LogP contribution in [0.15, 0.2) is 18.2 Å². The summed E-state index contributed by atoms with van der Waals surface area (Å²) in [5.41, 5.74) is 6.17. The lowest BCUT2D eigenvalue weighted by Gasteiger charge is -2.07. The summed E-state index contributed by atoms with van der Waals surface area (Å²) in [5, 5.41) is 2.81. The summed E-state index contributed by atoms with van der Waals surface area (Å²) in [4.78, 5) is 11.8. The average molecular weight is 236 g/mol. The largest absolute Gasteiger partial charge is 0.454 e. The Bertz CT molecular complexity index is 418. The Balaban J connectivity index is 1.95. The summed E-state index contributed by atoms with van der Waals surface area (Å²) in [7, 11) is 0. The lowest BCUT2D eigenvalue weighted by molar-refractivity contribution is 0.0952. The maximum absolute atomic E-state index is 11.8. The zero-order valence-electron chi connectivity index (χ0n) is 9.73. The molecule has 0 aromatic heterocycles. The molecule has 1 amide bonds. The third-order valence-electron chi connectivity index (χ3n) is 2.52. The van der Waals surface area contributed by atoms with Crippen molar-refractivity contribution in [3.8, 4) is 11.5 Å². The van der Waals surface area contributed by atoms with Gasteiger partial charge in [0.25, 0.3) is 5.91 Å². The number of nitrogens with one attached hydrogen (secondary N) is 1. The van der Waals surface area contributed by atoms with Crippen molar-refractivity contribution in [3.05, 3.63) is 23.8 Å². The second-order valence-electron chi connectivity index (χ2n) is 4.09. The molecule has 0 saturated heterocycles. The van der Waals surface area contributed by atoms with Gasteiger partial charge in [0.15, 0.2) is 11.5 Å². The van der Waals surface area contributed by atoms with Crippen LogP contribution in [0.25, 0.3) is 0 Å². The number of nitrogens with two attached hydrogens (primary N) is 1. The zero-order valence-corrected chi connectivity index (χ0v) is 9.73. The Labute approximate surface area is 99.9 Å². The van der Waals surface area contributed by atoms with E-state index in [4.69, 9.17) is 15.2 Å². The van der Waals surface area contributed by atoms with Gasteiger partial charge in [-0.3, -0.25) is 4.79 Å². The standard InChI is InChI=1S/C12H16N2O3/c1-8(13)4-5-14-12(15)9-2-3-10-11(6-9)17-7-16-10/h2-3,6,8H,4-5,7,13H2,1H3,(H,14,15). The van der Waals surface area contributed by atoms with Crippen molar-refractivity contribution in [3.63, 3.8) is 0 Å². The fourth-order valence-corrected chi connectivity index (χ4v) is 1.55. The molecular formula is C12H16N2O3. The van der Waals surface area contributed by atoms with Gasteiger partial charge < -0.3 is 20.5 Å². The van der Waals surface area contributed by atoms with Crippen molar-refractivity contribution in [1.29, 1.82) is 0 Å². The van der Waals surface area contributed by atoms with E-state index in [-0.39, 0.29) is 18.7 Å². The molecule has 5 heteroatoms. The Morgan fingerprint density at radius 1 is 1.47 bits per heavy atom. The van der Waals surface area contributed by atoms with Crippen molar-refractivity contribution in [2.24, 2.45) is 5.73 Å². The molecule has 1 heterocycles. The first-order chi connectivity index (χ1) is 8.16. The van der Waals surface area contributed by atoms with Gasteiger partial charge in [-0.1, -0.05) is 0 Å². The molecule has 1 aliphatic heterocycles. The Morgan fingerprint density at radius 3 is 3.00 bits per heavy atom. The topological polar surface area (TPSA) is 73.6 Å². The molecule has 1 aliphatic rings. The van der Waals surface area contributed by atoms with Crippen LogP contribution in [0.5, 0.6) is 11.5 Å². The molecule has 0 aliphatic carbocycles. The highest BCUT2D eigenvalue weighted by Crippen LogP contribution is 2.32. The summed E-state index contributed by atoms with van der Waals surface area (Å²) in [6, 6.07) is 5.23. The van der Waals surface area contributed by atoms with Crippen LogP contribution in [0.3, 0.4) is 0 Å². The molecule has 2 rings (SSSR count). The van der Waals surface area contributed by atoms with Crippen LogP contribution in [-0.2, 0) is 0 Å². The number of benzene rings is 1. The number of amides is 1. The van der Waals surface area contributed by atoms with E-state index in [1.54, 1.807) is 18.2 Å². The van der Waals surface area contributed by atoms with Crippen molar-refractivity contribution >= 4 is 5.91 Å². The van der Waals surface area contributed by atoms with E-state index in [0.29, 0.717) is 23.6 Å². The molecule has 1 aromatic rings. The predicted octanol–water partition coefficient (Wildman–Crippen LogP) is 0.882. The van der Waals surface area contributed by atoms with Gasteiger partial charge in [-0.15, -0.1) is 0 Å². The van der Waals surface area contributed by atoms with Crippen molar-refractivity contribution in [1.82, 2.24) is 5.32 Å². The van der Waals surface area contributed by atoms with Crippen molar-refractivity contribution in [2.45, 2.75) is 19.4 Å². The second-order valence-corrected chi connectivity index (χ2v) is 4.09. The molecule has 5 nitrogen and oxygen atoms in total. The Morgan fingerprint density at radius 2 is 2.24 bits per heavy atom. The van der Waals surface area contributed by atoms with E-state index in [0.717, 1.165) is 6.42 Å². The highest BCUT2D eigenvalue weighted by atomic mass is 16.7. The number of hydrogen-bond acceptors (Lipinski definition) is 4. The maximum Gasteiger partial charge on any atom is 0.251 e. The first-order valence-electron chi connectivity index (χ1n) is 5.60. The highest BCUT2D eigenvalue weighted by Gasteiger charge is 2.15. The van der Waals surface area contributed by atoms with Crippen molar-refractivity contribution < 1.29 is 14.3 Å². The van der Waals surface area contributed by atoms with Gasteiger partial charge in [-0.05, 0) is 31.5 Å². The van der Waals surface area contributed by atoms with Gasteiger partial charge in [-0.25, -0.2) is 0 Å². The molecule has 0 spiro atoms. The minimum absolute atomic E-state index is 0.0899. The number of carbonyl (C=O) groups is 1. The van der Waals surface area contributed by atoms with Crippen LogP contribution in [0, 0.1) is 0 Å². The van der Waals surface area contributed by atoms with E-state index >= 15 is 0 Å². The number of carbonyl (C=O) groups excluding carboxylic acids is 1. The van der Waals surface area contributed by atoms with E-state index < -0.39 is 0 Å². The lowest BCUT2D eigenvalue weighted by atomic mass is 10.2. The zero-order chi connectivity index (χ0) is 12.3. The highest BCUT2D eigenvalue weighted by molar-refractivity contribution is 5.94. The normalized spacial score (nSPS) is 14.5. The molecule has 0 bridgehead atoms. The molecule has 17 heavy (non-hydrogen) atoms. The molecular weight excluding hydrogens is 220 g/mol. The third-order valence-corrected chi connectivity index (χ3v) is 2.52. The molecule has 3 N–H and O–H groups in total. The smallest absolute Gasteiger partial charge is 0.251 e. The SMILES string of the molecule is CC(N)CCNC(=O)c1ccc2c(c1)OCO2. The van der Waals surface area contributed by atoms with Gasteiger partial charge in [0.1, 0.15) is 0 Å². The number of fused-ring (bicyclic) bond motifs is 1. The number of rotatable bonds is 4. The van der Waals surface area contributed by atoms with Crippen LogP contribution in [0.4, 0.5) is 0 Å². The van der Waals surface area contributed by atoms with Crippen molar-refractivity contribution in [2.75, 3.05) is 13.3 Å². The fraction of sp³-hybridized carbons (Fsp3) is 0.417. The fourth-order valence-electron chi connectivity index (χ4n) is 1.55. The van der Waals surface area contributed by atoms with E-state index in [9.17, 15) is 4.79 Å². The summed E-state index contributed by atoms with van der Waals surface area (Å²) in [5.74, 6) is 1.17.